The zero-order valence-corrected chi connectivity index (χ0v) is 19.0. The van der Waals surface area contributed by atoms with Crippen molar-refractivity contribution in [2.45, 2.75) is 58.4 Å². The minimum Gasteiger partial charge on any atom is -0.481 e. The first-order valence-electron chi connectivity index (χ1n) is 10.4. The number of nitrogens with one attached hydrogen (secondary N) is 1. The molecule has 2 amide bonds. The second-order valence-corrected chi connectivity index (χ2v) is 8.91. The number of piperidine rings is 1. The molecule has 1 heterocycles. The number of hydrogen-bond acceptors (Lipinski definition) is 3. The summed E-state index contributed by atoms with van der Waals surface area (Å²) in [6, 6.07) is 5.25. The molecule has 6 nitrogen and oxygen atoms in total. The van der Waals surface area contributed by atoms with Crippen molar-refractivity contribution in [3.05, 3.63) is 33.8 Å². The number of hydrogen-bond donors (Lipinski definition) is 2. The maximum absolute atomic E-state index is 12.5. The summed E-state index contributed by atoms with van der Waals surface area (Å²) in [6.07, 6.45) is 3.06. The van der Waals surface area contributed by atoms with Crippen LogP contribution in [-0.4, -0.2) is 46.9 Å². The highest BCUT2D eigenvalue weighted by atomic mass is 35.5. The summed E-state index contributed by atoms with van der Waals surface area (Å²) < 4.78 is 0. The van der Waals surface area contributed by atoms with E-state index in [0.717, 1.165) is 18.4 Å². The smallest absolute Gasteiger partial charge is 0.303 e. The van der Waals surface area contributed by atoms with Crippen molar-refractivity contribution in [3.63, 3.8) is 0 Å². The van der Waals surface area contributed by atoms with Gasteiger partial charge in [-0.3, -0.25) is 14.4 Å². The molecule has 1 fully saturated rings. The molecule has 2 N–H and O–H groups in total. The van der Waals surface area contributed by atoms with Crippen LogP contribution in [0.15, 0.2) is 18.2 Å². The van der Waals surface area contributed by atoms with Gasteiger partial charge in [0.25, 0.3) is 0 Å². The molecule has 30 heavy (non-hydrogen) atoms. The Labute approximate surface area is 187 Å². The van der Waals surface area contributed by atoms with Gasteiger partial charge in [-0.1, -0.05) is 36.2 Å². The highest BCUT2D eigenvalue weighted by Gasteiger charge is 2.30. The lowest BCUT2D eigenvalue weighted by Gasteiger charge is -2.35. The van der Waals surface area contributed by atoms with Crippen LogP contribution in [0.1, 0.15) is 51.5 Å². The number of halogens is 2. The van der Waals surface area contributed by atoms with Crippen LogP contribution in [0.2, 0.25) is 10.0 Å². The van der Waals surface area contributed by atoms with E-state index in [1.165, 1.54) is 0 Å². The van der Waals surface area contributed by atoms with Gasteiger partial charge >= 0.3 is 5.97 Å². The normalized spacial score (nSPS) is 16.7. The number of likely N-dealkylation sites (tertiary alicyclic amines) is 1. The summed E-state index contributed by atoms with van der Waals surface area (Å²) in [5.74, 6) is -0.738. The number of rotatable bonds is 9. The third-order valence-electron chi connectivity index (χ3n) is 5.80. The lowest BCUT2D eigenvalue weighted by molar-refractivity contribution is -0.138. The van der Waals surface area contributed by atoms with Gasteiger partial charge in [0.05, 0.1) is 10.0 Å². The lowest BCUT2D eigenvalue weighted by atomic mass is 9.84. The summed E-state index contributed by atoms with van der Waals surface area (Å²) in [7, 11) is 0. The van der Waals surface area contributed by atoms with Gasteiger partial charge in [0.15, 0.2) is 0 Å². The van der Waals surface area contributed by atoms with Crippen LogP contribution in [0, 0.1) is 11.8 Å². The van der Waals surface area contributed by atoms with Crippen LogP contribution in [0.4, 0.5) is 0 Å². The average Bonchev–Trinajstić information content (AvgIpc) is 2.72. The summed E-state index contributed by atoms with van der Waals surface area (Å²) in [4.78, 5) is 37.5. The van der Waals surface area contributed by atoms with E-state index in [1.807, 2.05) is 24.8 Å². The van der Waals surface area contributed by atoms with Crippen LogP contribution in [0.5, 0.6) is 0 Å². The Kier molecular flexibility index (Phi) is 9.43. The number of nitrogens with zero attached hydrogens (tertiary/aromatic N) is 1. The Bertz CT molecular complexity index is 764. The number of amides is 2. The van der Waals surface area contributed by atoms with Crippen molar-refractivity contribution < 1.29 is 19.5 Å². The fourth-order valence-corrected chi connectivity index (χ4v) is 4.07. The van der Waals surface area contributed by atoms with E-state index in [1.54, 1.807) is 12.1 Å². The fourth-order valence-electron chi connectivity index (χ4n) is 3.75. The van der Waals surface area contributed by atoms with Gasteiger partial charge in [-0.25, -0.2) is 0 Å². The van der Waals surface area contributed by atoms with E-state index in [0.29, 0.717) is 42.4 Å². The highest BCUT2D eigenvalue weighted by Crippen LogP contribution is 2.26. The molecule has 1 unspecified atom stereocenters. The monoisotopic (exact) mass is 456 g/mol. The zero-order chi connectivity index (χ0) is 22.3. The van der Waals surface area contributed by atoms with Crippen LogP contribution in [-0.2, 0) is 20.8 Å². The largest absolute Gasteiger partial charge is 0.481 e. The first-order valence-corrected chi connectivity index (χ1v) is 11.2. The third kappa shape index (κ3) is 7.47. The average molecular weight is 457 g/mol. The predicted molar refractivity (Wildman–Crippen MR) is 118 cm³/mol. The Morgan fingerprint density at radius 3 is 2.40 bits per heavy atom. The van der Waals surface area contributed by atoms with Crippen molar-refractivity contribution in [1.29, 1.82) is 0 Å². The molecule has 1 aromatic rings. The molecule has 1 aliphatic heterocycles. The highest BCUT2D eigenvalue weighted by molar-refractivity contribution is 6.42. The first kappa shape index (κ1) is 24.5. The van der Waals surface area contributed by atoms with E-state index >= 15 is 0 Å². The van der Waals surface area contributed by atoms with Gasteiger partial charge in [-0.2, -0.15) is 0 Å². The Hall–Kier alpha value is -1.79. The van der Waals surface area contributed by atoms with Gasteiger partial charge in [0.2, 0.25) is 11.8 Å². The molecule has 0 aromatic heterocycles. The molecule has 2 atom stereocenters. The van der Waals surface area contributed by atoms with E-state index in [-0.39, 0.29) is 36.1 Å². The maximum Gasteiger partial charge on any atom is 0.303 e. The molecule has 0 spiro atoms. The van der Waals surface area contributed by atoms with Crippen molar-refractivity contribution in [2.75, 3.05) is 13.1 Å². The molecule has 0 aliphatic carbocycles. The Balaban J connectivity index is 1.74. The van der Waals surface area contributed by atoms with Crippen LogP contribution in [0.25, 0.3) is 0 Å². The third-order valence-corrected chi connectivity index (χ3v) is 6.54. The molecule has 166 valence electrons. The number of aryl methyl sites for hydroxylation is 1. The van der Waals surface area contributed by atoms with Crippen LogP contribution in [0.3, 0.4) is 0 Å². The zero-order valence-electron chi connectivity index (χ0n) is 17.5. The number of carboxylic acids is 1. The van der Waals surface area contributed by atoms with Gasteiger partial charge in [-0.15, -0.1) is 0 Å². The molecule has 1 saturated heterocycles. The van der Waals surface area contributed by atoms with E-state index in [9.17, 15) is 14.4 Å². The minimum absolute atomic E-state index is 0.0402. The molecule has 8 heteroatoms. The molecule has 0 radical (unpaired) electrons. The van der Waals surface area contributed by atoms with Gasteiger partial charge in [0.1, 0.15) is 0 Å². The lowest BCUT2D eigenvalue weighted by Crippen LogP contribution is -2.44. The topological polar surface area (TPSA) is 86.7 Å². The summed E-state index contributed by atoms with van der Waals surface area (Å²) in [5.41, 5.74) is 0.981. The molecular formula is C22H30Cl2N2O4. The van der Waals surface area contributed by atoms with Crippen molar-refractivity contribution >= 4 is 41.0 Å². The predicted octanol–water partition coefficient (Wildman–Crippen LogP) is 4.17. The molecule has 2 rings (SSSR count). The number of benzene rings is 1. The molecule has 1 aromatic carbocycles. The second-order valence-electron chi connectivity index (χ2n) is 8.10. The Morgan fingerprint density at radius 1 is 1.13 bits per heavy atom. The number of aliphatic carboxylic acids is 1. The van der Waals surface area contributed by atoms with E-state index in [4.69, 9.17) is 28.3 Å². The minimum atomic E-state index is -0.861. The molecular weight excluding hydrogens is 427 g/mol. The van der Waals surface area contributed by atoms with Crippen LogP contribution < -0.4 is 5.32 Å². The summed E-state index contributed by atoms with van der Waals surface area (Å²) >= 11 is 11.9. The fraction of sp³-hybridized carbons (Fsp3) is 0.591. The molecule has 0 saturated carbocycles. The molecule has 0 bridgehead atoms. The van der Waals surface area contributed by atoms with Crippen LogP contribution >= 0.6 is 23.2 Å². The SMILES string of the molecule is CC(C(=O)N[C@@H](C)CCC(=O)O)C1CCN(C(=O)CCc2ccc(Cl)c(Cl)c2)CC1. The van der Waals surface area contributed by atoms with Gasteiger partial charge in [0, 0.05) is 37.9 Å². The Morgan fingerprint density at radius 2 is 1.80 bits per heavy atom. The van der Waals surface area contributed by atoms with E-state index < -0.39 is 5.97 Å². The number of carboxylic acid groups (broad SMARTS) is 1. The summed E-state index contributed by atoms with van der Waals surface area (Å²) in [6.45, 7) is 5.03. The quantitative estimate of drug-likeness (QED) is 0.583. The van der Waals surface area contributed by atoms with E-state index in [2.05, 4.69) is 5.32 Å². The van der Waals surface area contributed by atoms with Crippen molar-refractivity contribution in [2.24, 2.45) is 11.8 Å². The first-order chi connectivity index (χ1) is 14.2. The maximum atomic E-state index is 12.5. The second kappa shape index (κ2) is 11.6. The standard InChI is InChI=1S/C22H30Cl2N2O4/c1-14(3-8-21(28)29)25-22(30)15(2)17-9-11-26(12-10-17)20(27)7-5-16-4-6-18(23)19(24)13-16/h4,6,13-15,17H,3,5,7-12H2,1-2H3,(H,25,30)(H,28,29)/t14-,15?/m0/s1. The van der Waals surface area contributed by atoms with Crippen molar-refractivity contribution in [3.8, 4) is 0 Å². The summed E-state index contributed by atoms with van der Waals surface area (Å²) in [5, 5.41) is 12.7. The van der Waals surface area contributed by atoms with Crippen molar-refractivity contribution in [1.82, 2.24) is 10.2 Å². The van der Waals surface area contributed by atoms with Gasteiger partial charge < -0.3 is 15.3 Å². The van der Waals surface area contributed by atoms with Gasteiger partial charge in [-0.05, 0) is 56.2 Å². The number of carbonyl (C=O) groups excluding carboxylic acids is 2. The number of carbonyl (C=O) groups is 3. The molecule has 1 aliphatic rings.